The first-order chi connectivity index (χ1) is 11.5. The van der Waals surface area contributed by atoms with Crippen LogP contribution in [0.3, 0.4) is 0 Å². The van der Waals surface area contributed by atoms with Gasteiger partial charge in [0.15, 0.2) is 0 Å². The molecular weight excluding hydrogens is 306 g/mol. The second-order valence-corrected chi connectivity index (χ2v) is 5.77. The van der Waals surface area contributed by atoms with Gasteiger partial charge in [-0.2, -0.15) is 0 Å². The van der Waals surface area contributed by atoms with Gasteiger partial charge in [0.25, 0.3) is 0 Å². The number of pyridine rings is 1. The van der Waals surface area contributed by atoms with E-state index >= 15 is 0 Å². The van der Waals surface area contributed by atoms with Crippen molar-refractivity contribution in [2.24, 2.45) is 0 Å². The zero-order valence-electron chi connectivity index (χ0n) is 14.5. The molecule has 0 unspecified atom stereocenters. The Morgan fingerprint density at radius 1 is 1.25 bits per heavy atom. The second-order valence-electron chi connectivity index (χ2n) is 5.77. The molecule has 1 aromatic heterocycles. The lowest BCUT2D eigenvalue weighted by molar-refractivity contribution is 0.0695. The van der Waals surface area contributed by atoms with Crippen molar-refractivity contribution in [3.63, 3.8) is 0 Å². The molecule has 1 aromatic carbocycles. The number of hydrogen-bond donors (Lipinski definition) is 1. The quantitative estimate of drug-likeness (QED) is 0.824. The van der Waals surface area contributed by atoms with E-state index in [0.717, 1.165) is 12.0 Å². The third kappa shape index (κ3) is 4.04. The summed E-state index contributed by atoms with van der Waals surface area (Å²) in [7, 11) is 1.60. The van der Waals surface area contributed by atoms with Gasteiger partial charge < -0.3 is 14.6 Å². The van der Waals surface area contributed by atoms with E-state index in [1.54, 1.807) is 19.2 Å². The van der Waals surface area contributed by atoms with Gasteiger partial charge in [-0.3, -0.25) is 4.98 Å². The van der Waals surface area contributed by atoms with Gasteiger partial charge in [-0.25, -0.2) is 4.79 Å². The molecule has 0 bridgehead atoms. The molecule has 0 saturated heterocycles. The average Bonchev–Trinajstić information content (AvgIpc) is 2.54. The van der Waals surface area contributed by atoms with Crippen LogP contribution in [0.2, 0.25) is 0 Å². The number of aromatic carboxylic acids is 1. The lowest BCUT2D eigenvalue weighted by atomic mass is 10.0. The fraction of sp³-hybridized carbons (Fsp3) is 0.368. The summed E-state index contributed by atoms with van der Waals surface area (Å²) in [5, 5.41) is 9.32. The summed E-state index contributed by atoms with van der Waals surface area (Å²) in [5.74, 6) is 0.438. The first kappa shape index (κ1) is 17.8. The maximum atomic E-state index is 11.4. The maximum absolute atomic E-state index is 11.4. The van der Waals surface area contributed by atoms with Gasteiger partial charge in [0, 0.05) is 5.56 Å². The number of methoxy groups -OCH3 is 1. The minimum atomic E-state index is -0.957. The summed E-state index contributed by atoms with van der Waals surface area (Å²) in [4.78, 5) is 16.0. The van der Waals surface area contributed by atoms with Crippen molar-refractivity contribution in [3.8, 4) is 22.8 Å². The Bertz CT molecular complexity index is 725. The third-order valence-corrected chi connectivity index (χ3v) is 3.52. The van der Waals surface area contributed by atoms with Crippen LogP contribution in [0.1, 0.15) is 43.2 Å². The number of nitrogens with zero attached hydrogens (tertiary/aromatic N) is 1. The normalized spacial score (nSPS) is 10.7. The molecule has 0 aliphatic rings. The number of rotatable bonds is 7. The minimum absolute atomic E-state index is 0.0190. The van der Waals surface area contributed by atoms with Crippen LogP contribution in [0, 0.1) is 0 Å². The summed E-state index contributed by atoms with van der Waals surface area (Å²) < 4.78 is 11.2. The van der Waals surface area contributed by atoms with Crippen molar-refractivity contribution >= 4 is 5.97 Å². The highest BCUT2D eigenvalue weighted by Crippen LogP contribution is 2.33. The van der Waals surface area contributed by atoms with Crippen molar-refractivity contribution in [2.45, 2.75) is 39.7 Å². The zero-order valence-corrected chi connectivity index (χ0v) is 14.5. The highest BCUT2D eigenvalue weighted by molar-refractivity contribution is 5.89. The van der Waals surface area contributed by atoms with Crippen molar-refractivity contribution in [1.82, 2.24) is 4.98 Å². The molecule has 0 amide bonds. The lowest BCUT2D eigenvalue weighted by Crippen LogP contribution is -2.08. The van der Waals surface area contributed by atoms with Gasteiger partial charge in [0.1, 0.15) is 11.5 Å². The van der Waals surface area contributed by atoms with E-state index in [-0.39, 0.29) is 11.7 Å². The predicted octanol–water partition coefficient (Wildman–Crippen LogP) is 4.20. The van der Waals surface area contributed by atoms with Crippen LogP contribution in [0.4, 0.5) is 0 Å². The predicted molar refractivity (Wildman–Crippen MR) is 92.9 cm³/mol. The maximum Gasteiger partial charge on any atom is 0.337 e. The molecule has 5 nitrogen and oxygen atoms in total. The summed E-state index contributed by atoms with van der Waals surface area (Å²) in [6.07, 6.45) is 1.45. The molecule has 0 spiro atoms. The van der Waals surface area contributed by atoms with Crippen molar-refractivity contribution in [1.29, 1.82) is 0 Å². The average molecular weight is 329 g/mol. The zero-order chi connectivity index (χ0) is 17.7. The van der Waals surface area contributed by atoms with Crippen molar-refractivity contribution < 1.29 is 19.4 Å². The van der Waals surface area contributed by atoms with Gasteiger partial charge in [-0.05, 0) is 50.6 Å². The number of ether oxygens (including phenoxy) is 2. The van der Waals surface area contributed by atoms with Gasteiger partial charge in [0.05, 0.1) is 30.2 Å². The largest absolute Gasteiger partial charge is 0.497 e. The molecule has 0 atom stereocenters. The number of carbonyl (C=O) groups is 1. The number of benzene rings is 1. The minimum Gasteiger partial charge on any atom is -0.497 e. The molecule has 0 radical (unpaired) electrons. The monoisotopic (exact) mass is 329 g/mol. The van der Waals surface area contributed by atoms with Gasteiger partial charge in [-0.15, -0.1) is 0 Å². The van der Waals surface area contributed by atoms with Gasteiger partial charge >= 0.3 is 5.97 Å². The Morgan fingerprint density at radius 3 is 2.58 bits per heavy atom. The fourth-order valence-electron chi connectivity index (χ4n) is 2.47. The van der Waals surface area contributed by atoms with Crippen molar-refractivity contribution in [2.75, 3.05) is 7.11 Å². The van der Waals surface area contributed by atoms with E-state index in [1.807, 2.05) is 39.0 Å². The number of carboxylic acid groups (broad SMARTS) is 1. The molecule has 128 valence electrons. The number of carboxylic acids is 1. The summed E-state index contributed by atoms with van der Waals surface area (Å²) in [6.45, 7) is 5.91. The van der Waals surface area contributed by atoms with Gasteiger partial charge in [0.2, 0.25) is 0 Å². The summed E-state index contributed by atoms with van der Waals surface area (Å²) in [6, 6.07) is 8.86. The number of hydrogen-bond acceptors (Lipinski definition) is 4. The highest BCUT2D eigenvalue weighted by atomic mass is 16.5. The van der Waals surface area contributed by atoms with E-state index < -0.39 is 5.97 Å². The second kappa shape index (κ2) is 7.81. The third-order valence-electron chi connectivity index (χ3n) is 3.52. The molecule has 2 aromatic rings. The molecule has 0 aliphatic heterocycles. The standard InChI is InChI=1S/C19H23NO4/c1-5-6-16-14(19(21)22)8-9-17(20-16)15-11-13(23-4)7-10-18(15)24-12(2)3/h7-12H,5-6H2,1-4H3,(H,21,22). The highest BCUT2D eigenvalue weighted by Gasteiger charge is 2.16. The molecule has 24 heavy (non-hydrogen) atoms. The molecule has 0 fully saturated rings. The number of aryl methyl sites for hydroxylation is 1. The number of aromatic nitrogens is 1. The Kier molecular flexibility index (Phi) is 5.79. The SMILES string of the molecule is CCCc1nc(-c2cc(OC)ccc2OC(C)C)ccc1C(=O)O. The molecule has 1 N–H and O–H groups in total. The van der Waals surface area contributed by atoms with E-state index in [9.17, 15) is 9.90 Å². The smallest absolute Gasteiger partial charge is 0.337 e. The topological polar surface area (TPSA) is 68.7 Å². The van der Waals surface area contributed by atoms with Crippen LogP contribution in [0.25, 0.3) is 11.3 Å². The van der Waals surface area contributed by atoms with E-state index in [2.05, 4.69) is 4.98 Å². The van der Waals surface area contributed by atoms with Crippen LogP contribution in [0.5, 0.6) is 11.5 Å². The lowest BCUT2D eigenvalue weighted by Gasteiger charge is -2.16. The molecule has 5 heteroatoms. The Morgan fingerprint density at radius 2 is 2.00 bits per heavy atom. The van der Waals surface area contributed by atoms with Gasteiger partial charge in [-0.1, -0.05) is 13.3 Å². The van der Waals surface area contributed by atoms with Crippen molar-refractivity contribution in [3.05, 3.63) is 41.6 Å². The van der Waals surface area contributed by atoms with Crippen LogP contribution >= 0.6 is 0 Å². The molecule has 2 rings (SSSR count). The first-order valence-electron chi connectivity index (χ1n) is 8.04. The van der Waals surface area contributed by atoms with Crippen LogP contribution in [0.15, 0.2) is 30.3 Å². The van der Waals surface area contributed by atoms with Crippen LogP contribution in [-0.4, -0.2) is 29.3 Å². The summed E-state index contributed by atoms with van der Waals surface area (Å²) >= 11 is 0. The van der Waals surface area contributed by atoms with Crippen LogP contribution in [-0.2, 0) is 6.42 Å². The van der Waals surface area contributed by atoms with Crippen LogP contribution < -0.4 is 9.47 Å². The van der Waals surface area contributed by atoms with E-state index in [4.69, 9.17) is 9.47 Å². The Balaban J connectivity index is 2.57. The molecule has 1 heterocycles. The Hall–Kier alpha value is -2.56. The fourth-order valence-corrected chi connectivity index (χ4v) is 2.47. The first-order valence-corrected chi connectivity index (χ1v) is 8.04. The molecule has 0 saturated carbocycles. The molecular formula is C19H23NO4. The summed E-state index contributed by atoms with van der Waals surface area (Å²) in [5.41, 5.74) is 2.30. The molecule has 0 aliphatic carbocycles. The van der Waals surface area contributed by atoms with E-state index in [0.29, 0.717) is 29.3 Å². The Labute approximate surface area is 142 Å². The van der Waals surface area contributed by atoms with E-state index in [1.165, 1.54) is 0 Å².